The first-order valence-electron chi connectivity index (χ1n) is 6.91. The van der Waals surface area contributed by atoms with Crippen molar-refractivity contribution in [2.45, 2.75) is 12.7 Å². The molecule has 5 nitrogen and oxygen atoms in total. The Balaban J connectivity index is 2.26. The number of nitrogens with one attached hydrogen (secondary N) is 1. The Bertz CT molecular complexity index is 782. The third kappa shape index (κ3) is 3.95. The minimum absolute atomic E-state index is 0.140. The predicted octanol–water partition coefficient (Wildman–Crippen LogP) is 2.82. The number of methoxy groups -OCH3 is 1. The van der Waals surface area contributed by atoms with Crippen LogP contribution in [0.2, 0.25) is 0 Å². The van der Waals surface area contributed by atoms with Gasteiger partial charge in [0.1, 0.15) is 5.69 Å². The number of hydrogen-bond acceptors (Lipinski definition) is 4. The van der Waals surface area contributed by atoms with Crippen LogP contribution in [0.1, 0.15) is 21.6 Å². The summed E-state index contributed by atoms with van der Waals surface area (Å²) in [6.45, 7) is 0.163. The number of ether oxygens (including phenoxy) is 1. The molecule has 0 fully saturated rings. The second-order valence-electron chi connectivity index (χ2n) is 5.13. The highest BCUT2D eigenvalue weighted by Crippen LogP contribution is 2.34. The molecule has 128 valence electrons. The van der Waals surface area contributed by atoms with Crippen LogP contribution in [0.5, 0.6) is 0 Å². The molecule has 0 radical (unpaired) electrons. The molecule has 0 bridgehead atoms. The van der Waals surface area contributed by atoms with Crippen molar-refractivity contribution in [3.63, 3.8) is 0 Å². The van der Waals surface area contributed by atoms with Crippen LogP contribution in [0.25, 0.3) is 0 Å². The van der Waals surface area contributed by atoms with Crippen LogP contribution in [0.3, 0.4) is 0 Å². The zero-order valence-corrected chi connectivity index (χ0v) is 13.0. The van der Waals surface area contributed by atoms with Crippen molar-refractivity contribution in [2.24, 2.45) is 0 Å². The van der Waals surface area contributed by atoms with Gasteiger partial charge in [0.15, 0.2) is 0 Å². The molecular formula is C16H15F3N2O3. The topological polar surface area (TPSA) is 62.4 Å². The largest absolute Gasteiger partial charge is 0.465 e. The fourth-order valence-corrected chi connectivity index (χ4v) is 2.22. The second-order valence-corrected chi connectivity index (χ2v) is 5.13. The third-order valence-electron chi connectivity index (χ3n) is 3.39. The van der Waals surface area contributed by atoms with E-state index < -0.39 is 23.4 Å². The van der Waals surface area contributed by atoms with E-state index in [1.807, 2.05) is 4.98 Å². The van der Waals surface area contributed by atoms with Gasteiger partial charge in [-0.3, -0.25) is 4.79 Å². The van der Waals surface area contributed by atoms with Crippen molar-refractivity contribution in [1.29, 1.82) is 0 Å². The number of nitrogens with zero attached hydrogens (tertiary/aromatic N) is 1. The first-order chi connectivity index (χ1) is 11.2. The fraction of sp³-hybridized carbons (Fsp3) is 0.250. The molecule has 1 aromatic carbocycles. The van der Waals surface area contributed by atoms with Crippen LogP contribution in [-0.2, 0) is 17.5 Å². The number of carbonyl (C=O) groups excluding carboxylic acids is 1. The summed E-state index contributed by atoms with van der Waals surface area (Å²) in [5, 5.41) is 0. The van der Waals surface area contributed by atoms with E-state index >= 15 is 0 Å². The van der Waals surface area contributed by atoms with Gasteiger partial charge in [-0.25, -0.2) is 4.79 Å². The smallest absolute Gasteiger partial charge is 0.433 e. The standard InChI is InChI=1S/C16H15F3N2O3/c1-21(9-10-3-5-11(6-4-10)15(23)24-2)12-7-8-13(22)20-14(12)16(17,18)19/h3-8H,9H2,1-2H3,(H,20,22). The normalized spacial score (nSPS) is 11.2. The van der Waals surface area contributed by atoms with Gasteiger partial charge in [0.25, 0.3) is 0 Å². The fourth-order valence-electron chi connectivity index (χ4n) is 2.22. The summed E-state index contributed by atoms with van der Waals surface area (Å²) >= 11 is 0. The van der Waals surface area contributed by atoms with E-state index in [9.17, 15) is 22.8 Å². The molecular weight excluding hydrogens is 325 g/mol. The molecule has 0 saturated carbocycles. The van der Waals surface area contributed by atoms with Crippen molar-refractivity contribution < 1.29 is 22.7 Å². The molecule has 2 aromatic rings. The Morgan fingerprint density at radius 2 is 1.79 bits per heavy atom. The molecule has 1 aromatic heterocycles. The number of hydrogen-bond donors (Lipinski definition) is 1. The molecule has 0 aliphatic carbocycles. The summed E-state index contributed by atoms with van der Waals surface area (Å²) in [6.07, 6.45) is -4.67. The van der Waals surface area contributed by atoms with Crippen LogP contribution in [0.4, 0.5) is 18.9 Å². The number of benzene rings is 1. The van der Waals surface area contributed by atoms with Gasteiger partial charge in [-0.05, 0) is 23.8 Å². The SMILES string of the molecule is COC(=O)c1ccc(CN(C)c2ccc(=O)[nH]c2C(F)(F)F)cc1. The Kier molecular flexibility index (Phi) is 4.96. The Labute approximate surface area is 135 Å². The van der Waals surface area contributed by atoms with Crippen molar-refractivity contribution in [2.75, 3.05) is 19.1 Å². The molecule has 0 aliphatic heterocycles. The molecule has 1 N–H and O–H groups in total. The van der Waals surface area contributed by atoms with Gasteiger partial charge in [0, 0.05) is 19.7 Å². The number of carbonyl (C=O) groups is 1. The van der Waals surface area contributed by atoms with E-state index in [2.05, 4.69) is 4.74 Å². The monoisotopic (exact) mass is 340 g/mol. The highest BCUT2D eigenvalue weighted by Gasteiger charge is 2.35. The summed E-state index contributed by atoms with van der Waals surface area (Å²) in [4.78, 5) is 25.7. The average Bonchev–Trinajstić information content (AvgIpc) is 2.53. The first-order valence-corrected chi connectivity index (χ1v) is 6.91. The third-order valence-corrected chi connectivity index (χ3v) is 3.39. The van der Waals surface area contributed by atoms with E-state index in [1.54, 1.807) is 12.1 Å². The van der Waals surface area contributed by atoms with Crippen molar-refractivity contribution in [1.82, 2.24) is 4.98 Å². The Morgan fingerprint density at radius 1 is 1.17 bits per heavy atom. The maximum absolute atomic E-state index is 13.1. The van der Waals surface area contributed by atoms with Crippen LogP contribution in [0, 0.1) is 0 Å². The maximum Gasteiger partial charge on any atom is 0.433 e. The highest BCUT2D eigenvalue weighted by molar-refractivity contribution is 5.89. The number of pyridine rings is 1. The number of H-pyrrole nitrogens is 1. The van der Waals surface area contributed by atoms with Gasteiger partial charge in [-0.15, -0.1) is 0 Å². The Morgan fingerprint density at radius 3 is 2.33 bits per heavy atom. The average molecular weight is 340 g/mol. The number of halogens is 3. The van der Waals surface area contributed by atoms with Crippen molar-refractivity contribution in [3.05, 3.63) is 63.6 Å². The zero-order valence-electron chi connectivity index (χ0n) is 13.0. The van der Waals surface area contributed by atoms with E-state index in [1.165, 1.54) is 31.2 Å². The zero-order chi connectivity index (χ0) is 17.9. The second kappa shape index (κ2) is 6.77. The van der Waals surface area contributed by atoms with Gasteiger partial charge >= 0.3 is 12.1 Å². The number of anilines is 1. The summed E-state index contributed by atoms with van der Waals surface area (Å²) in [5.41, 5.74) is -1.00. The lowest BCUT2D eigenvalue weighted by Gasteiger charge is -2.23. The maximum atomic E-state index is 13.1. The Hall–Kier alpha value is -2.77. The number of esters is 1. The van der Waals surface area contributed by atoms with E-state index in [4.69, 9.17) is 0 Å². The number of alkyl halides is 3. The lowest BCUT2D eigenvalue weighted by atomic mass is 10.1. The lowest BCUT2D eigenvalue weighted by molar-refractivity contribution is -0.140. The molecule has 0 saturated heterocycles. The summed E-state index contributed by atoms with van der Waals surface area (Å²) in [7, 11) is 2.75. The van der Waals surface area contributed by atoms with Crippen LogP contribution in [-0.4, -0.2) is 25.1 Å². The molecule has 0 atom stereocenters. The van der Waals surface area contributed by atoms with Crippen molar-refractivity contribution >= 4 is 11.7 Å². The van der Waals surface area contributed by atoms with Crippen molar-refractivity contribution in [3.8, 4) is 0 Å². The lowest BCUT2D eigenvalue weighted by Crippen LogP contribution is -2.24. The first kappa shape index (κ1) is 17.6. The highest BCUT2D eigenvalue weighted by atomic mass is 19.4. The van der Waals surface area contributed by atoms with Gasteiger partial charge in [-0.2, -0.15) is 13.2 Å². The molecule has 0 aliphatic rings. The van der Waals surface area contributed by atoms with E-state index in [-0.39, 0.29) is 12.2 Å². The summed E-state index contributed by atoms with van der Waals surface area (Å²) in [5.74, 6) is -0.491. The number of aromatic amines is 1. The minimum atomic E-state index is -4.67. The molecule has 8 heteroatoms. The molecule has 24 heavy (non-hydrogen) atoms. The van der Waals surface area contributed by atoms with Crippen LogP contribution < -0.4 is 10.5 Å². The molecule has 0 unspecified atom stereocenters. The quantitative estimate of drug-likeness (QED) is 0.870. The molecule has 0 amide bonds. The van der Waals surface area contributed by atoms with E-state index in [0.717, 1.165) is 12.1 Å². The molecule has 2 rings (SSSR count). The van der Waals surface area contributed by atoms with Gasteiger partial charge in [-0.1, -0.05) is 12.1 Å². The van der Waals surface area contributed by atoms with Gasteiger partial charge in [0.2, 0.25) is 5.56 Å². The molecule has 1 heterocycles. The van der Waals surface area contributed by atoms with Crippen LogP contribution >= 0.6 is 0 Å². The summed E-state index contributed by atoms with van der Waals surface area (Å²) in [6, 6.07) is 8.49. The van der Waals surface area contributed by atoms with Crippen LogP contribution in [0.15, 0.2) is 41.2 Å². The molecule has 0 spiro atoms. The predicted molar refractivity (Wildman–Crippen MR) is 82.0 cm³/mol. The van der Waals surface area contributed by atoms with E-state index in [0.29, 0.717) is 11.1 Å². The number of rotatable bonds is 4. The van der Waals surface area contributed by atoms with Gasteiger partial charge in [0.05, 0.1) is 18.4 Å². The summed E-state index contributed by atoms with van der Waals surface area (Å²) < 4.78 is 43.8. The van der Waals surface area contributed by atoms with Gasteiger partial charge < -0.3 is 14.6 Å². The number of aromatic nitrogens is 1. The minimum Gasteiger partial charge on any atom is -0.465 e.